The van der Waals surface area contributed by atoms with Gasteiger partial charge in [-0.1, -0.05) is 32.5 Å². The molecule has 3 N–H and O–H groups in total. The Morgan fingerprint density at radius 2 is 1.83 bits per heavy atom. The van der Waals surface area contributed by atoms with Gasteiger partial charge in [-0.3, -0.25) is 14.4 Å². The molecule has 0 saturated carbocycles. The molecule has 0 spiro atoms. The van der Waals surface area contributed by atoms with Crippen molar-refractivity contribution in [3.05, 3.63) is 0 Å². The third-order valence-electron chi connectivity index (χ3n) is 4.76. The first-order chi connectivity index (χ1) is 13.9. The number of nitrogens with one attached hydrogen (secondary N) is 2. The van der Waals surface area contributed by atoms with E-state index in [1.165, 1.54) is 0 Å². The van der Waals surface area contributed by atoms with Crippen LogP contribution in [0.2, 0.25) is 0 Å². The maximum absolute atomic E-state index is 12.5. The minimum absolute atomic E-state index is 0.0160. The minimum Gasteiger partial charge on any atom is -0.393 e. The molecule has 0 aromatic rings. The van der Waals surface area contributed by atoms with Crippen molar-refractivity contribution in [2.45, 2.75) is 84.7 Å². The Kier molecular flexibility index (Phi) is 11.3. The van der Waals surface area contributed by atoms with E-state index in [-0.39, 0.29) is 35.3 Å². The number of hydrogen-bond acceptors (Lipinski definition) is 7. The lowest BCUT2D eigenvalue weighted by molar-refractivity contribution is -0.223. The molecule has 30 heavy (non-hydrogen) atoms. The van der Waals surface area contributed by atoms with Gasteiger partial charge in [-0.2, -0.15) is 0 Å². The van der Waals surface area contributed by atoms with Gasteiger partial charge >= 0.3 is 0 Å². The van der Waals surface area contributed by atoms with Crippen LogP contribution in [0, 0.1) is 5.41 Å². The molecule has 0 unspecified atom stereocenters. The molecule has 1 heterocycles. The number of carbonyl (C=O) groups excluding carboxylic acids is 3. The van der Waals surface area contributed by atoms with E-state index in [2.05, 4.69) is 10.6 Å². The van der Waals surface area contributed by atoms with E-state index in [1.807, 2.05) is 20.8 Å². The molecule has 1 saturated heterocycles. The van der Waals surface area contributed by atoms with Crippen LogP contribution in [-0.2, 0) is 23.9 Å². The molecule has 0 aromatic carbocycles. The maximum atomic E-state index is 12.5. The number of hydrogen-bond donors (Lipinski definition) is 3. The molecule has 0 aliphatic carbocycles. The zero-order chi connectivity index (χ0) is 22.8. The van der Waals surface area contributed by atoms with Crippen LogP contribution in [0.15, 0.2) is 0 Å². The van der Waals surface area contributed by atoms with E-state index in [9.17, 15) is 19.5 Å². The molecule has 9 heteroatoms. The minimum atomic E-state index is -0.836. The normalized spacial score (nSPS) is 21.3. The van der Waals surface area contributed by atoms with Crippen molar-refractivity contribution in [2.75, 3.05) is 25.4 Å². The van der Waals surface area contributed by atoms with E-state index >= 15 is 0 Å². The number of carbonyl (C=O) groups is 3. The number of thioether (sulfide) groups is 1. The van der Waals surface area contributed by atoms with Crippen molar-refractivity contribution in [3.8, 4) is 0 Å². The van der Waals surface area contributed by atoms with Crippen LogP contribution < -0.4 is 10.6 Å². The molecular formula is C21H38N2O6S. The summed E-state index contributed by atoms with van der Waals surface area (Å²) in [5, 5.41) is 15.0. The Balaban J connectivity index is 2.22. The number of rotatable bonds is 11. The van der Waals surface area contributed by atoms with Gasteiger partial charge < -0.3 is 25.2 Å². The van der Waals surface area contributed by atoms with Crippen molar-refractivity contribution in [1.82, 2.24) is 10.6 Å². The van der Waals surface area contributed by atoms with Crippen LogP contribution in [0.3, 0.4) is 0 Å². The average Bonchev–Trinajstić information content (AvgIpc) is 2.78. The van der Waals surface area contributed by atoms with E-state index in [1.54, 1.807) is 13.8 Å². The zero-order valence-electron chi connectivity index (χ0n) is 18.9. The second-order valence-corrected chi connectivity index (χ2v) is 10.0. The molecule has 1 aliphatic heterocycles. The first kappa shape index (κ1) is 26.9. The maximum Gasteiger partial charge on any atom is 0.249 e. The number of aliphatic hydroxyl groups excluding tert-OH is 1. The number of ether oxygens (including phenoxy) is 2. The van der Waals surface area contributed by atoms with Gasteiger partial charge in [0.05, 0.1) is 12.7 Å². The summed E-state index contributed by atoms with van der Waals surface area (Å²) in [6.07, 6.45) is 1.08. The third kappa shape index (κ3) is 11.3. The first-order valence-electron chi connectivity index (χ1n) is 10.6. The summed E-state index contributed by atoms with van der Waals surface area (Å²) in [4.78, 5) is 36.1. The SMILES string of the molecule is CC[C@@H](O)CCC(=O)SCCNC(=O)CCNC(=O)[C@H]1CC(C)(C)COC(C)(C)O1. The molecule has 8 nitrogen and oxygen atoms in total. The van der Waals surface area contributed by atoms with Crippen LogP contribution in [0.1, 0.15) is 66.7 Å². The van der Waals surface area contributed by atoms with Crippen molar-refractivity contribution in [1.29, 1.82) is 0 Å². The largest absolute Gasteiger partial charge is 0.393 e. The average molecular weight is 447 g/mol. The molecule has 1 fully saturated rings. The smallest absolute Gasteiger partial charge is 0.249 e. The summed E-state index contributed by atoms with van der Waals surface area (Å²) in [5.74, 6) is -0.781. The van der Waals surface area contributed by atoms with E-state index in [0.29, 0.717) is 44.6 Å². The molecule has 1 rings (SSSR count). The molecule has 0 bridgehead atoms. The predicted octanol–water partition coefficient (Wildman–Crippen LogP) is 1.99. The number of aliphatic hydroxyl groups is 1. The highest BCUT2D eigenvalue weighted by Crippen LogP contribution is 2.32. The topological polar surface area (TPSA) is 114 Å². The van der Waals surface area contributed by atoms with Gasteiger partial charge in [-0.15, -0.1) is 0 Å². The lowest BCUT2D eigenvalue weighted by Gasteiger charge is -2.26. The Labute approximate surface area is 184 Å². The Hall–Kier alpha value is -1.16. The predicted molar refractivity (Wildman–Crippen MR) is 117 cm³/mol. The van der Waals surface area contributed by atoms with Gasteiger partial charge in [-0.05, 0) is 38.5 Å². The highest BCUT2D eigenvalue weighted by molar-refractivity contribution is 8.13. The fourth-order valence-corrected chi connectivity index (χ4v) is 3.61. The van der Waals surface area contributed by atoms with E-state index in [0.717, 1.165) is 11.8 Å². The van der Waals surface area contributed by atoms with Crippen LogP contribution in [0.25, 0.3) is 0 Å². The Morgan fingerprint density at radius 1 is 1.13 bits per heavy atom. The second-order valence-electron chi connectivity index (χ2n) is 8.88. The summed E-state index contributed by atoms with van der Waals surface area (Å²) in [7, 11) is 0. The van der Waals surface area contributed by atoms with Crippen LogP contribution in [0.4, 0.5) is 0 Å². The Bertz CT molecular complexity index is 564. The lowest BCUT2D eigenvalue weighted by Crippen LogP contribution is -2.43. The van der Waals surface area contributed by atoms with Gasteiger partial charge in [-0.25, -0.2) is 0 Å². The molecule has 174 valence electrons. The van der Waals surface area contributed by atoms with Gasteiger partial charge in [0.15, 0.2) is 10.9 Å². The fraction of sp³-hybridized carbons (Fsp3) is 0.857. The number of amides is 2. The monoisotopic (exact) mass is 446 g/mol. The molecular weight excluding hydrogens is 408 g/mol. The summed E-state index contributed by atoms with van der Waals surface area (Å²) < 4.78 is 11.5. The lowest BCUT2D eigenvalue weighted by atomic mass is 9.87. The molecule has 1 aliphatic rings. The van der Waals surface area contributed by atoms with Gasteiger partial charge in [0.25, 0.3) is 0 Å². The molecule has 0 aromatic heterocycles. The summed E-state index contributed by atoms with van der Waals surface area (Å²) in [6.45, 7) is 10.6. The van der Waals surface area contributed by atoms with Crippen LogP contribution in [0.5, 0.6) is 0 Å². The molecule has 2 atom stereocenters. The van der Waals surface area contributed by atoms with Crippen molar-refractivity contribution < 1.29 is 29.0 Å². The second kappa shape index (κ2) is 12.6. The Morgan fingerprint density at radius 3 is 2.50 bits per heavy atom. The summed E-state index contributed by atoms with van der Waals surface area (Å²) >= 11 is 1.16. The van der Waals surface area contributed by atoms with E-state index in [4.69, 9.17) is 9.47 Å². The van der Waals surface area contributed by atoms with Gasteiger partial charge in [0.1, 0.15) is 6.10 Å². The van der Waals surface area contributed by atoms with Crippen molar-refractivity contribution >= 4 is 28.7 Å². The fourth-order valence-electron chi connectivity index (χ4n) is 2.91. The summed E-state index contributed by atoms with van der Waals surface area (Å²) in [5.41, 5.74) is -0.184. The highest BCUT2D eigenvalue weighted by Gasteiger charge is 2.38. The standard InChI is InChI=1S/C21H38N2O6S/c1-6-15(24)7-8-18(26)30-12-11-22-17(25)9-10-23-19(27)16-13-20(2,3)14-28-21(4,5)29-16/h15-16,24H,6-14H2,1-5H3,(H,22,25)(H,23,27)/t15-,16-/m1/s1. The van der Waals surface area contributed by atoms with Crippen LogP contribution >= 0.6 is 11.8 Å². The third-order valence-corrected chi connectivity index (χ3v) is 5.69. The quantitative estimate of drug-likeness (QED) is 0.416. The summed E-state index contributed by atoms with van der Waals surface area (Å²) in [6, 6.07) is 0. The van der Waals surface area contributed by atoms with Crippen molar-refractivity contribution in [2.24, 2.45) is 5.41 Å². The highest BCUT2D eigenvalue weighted by atomic mass is 32.2. The molecule has 2 amide bonds. The first-order valence-corrected chi connectivity index (χ1v) is 11.6. The van der Waals surface area contributed by atoms with Gasteiger partial charge in [0, 0.05) is 31.7 Å². The molecule has 0 radical (unpaired) electrons. The van der Waals surface area contributed by atoms with Crippen LogP contribution in [-0.4, -0.2) is 65.5 Å². The zero-order valence-corrected chi connectivity index (χ0v) is 19.7. The van der Waals surface area contributed by atoms with Gasteiger partial charge in [0.2, 0.25) is 11.8 Å². The van der Waals surface area contributed by atoms with E-state index < -0.39 is 18.0 Å². The van der Waals surface area contributed by atoms with Crippen molar-refractivity contribution in [3.63, 3.8) is 0 Å².